The third-order valence-corrected chi connectivity index (χ3v) is 5.26. The van der Waals surface area contributed by atoms with Crippen LogP contribution in [0.1, 0.15) is 34.7 Å². The highest BCUT2D eigenvalue weighted by Crippen LogP contribution is 2.19. The van der Waals surface area contributed by atoms with E-state index in [1.54, 1.807) is 11.3 Å². The minimum Gasteiger partial charge on any atom is -0.356 e. The van der Waals surface area contributed by atoms with E-state index in [0.717, 1.165) is 31.2 Å². The van der Waals surface area contributed by atoms with Crippen LogP contribution in [0.15, 0.2) is 22.5 Å². The van der Waals surface area contributed by atoms with Gasteiger partial charge in [-0.15, -0.1) is 11.3 Å². The van der Waals surface area contributed by atoms with Crippen molar-refractivity contribution in [3.05, 3.63) is 39.3 Å². The van der Waals surface area contributed by atoms with Gasteiger partial charge < -0.3 is 10.6 Å². The van der Waals surface area contributed by atoms with Gasteiger partial charge in [-0.1, -0.05) is 13.0 Å². The van der Waals surface area contributed by atoms with E-state index in [-0.39, 0.29) is 0 Å². The monoisotopic (exact) mass is 333 g/mol. The van der Waals surface area contributed by atoms with Gasteiger partial charge in [-0.25, -0.2) is 0 Å². The molecule has 1 atom stereocenters. The van der Waals surface area contributed by atoms with Crippen molar-refractivity contribution in [1.29, 1.82) is 0 Å². The Morgan fingerprint density at radius 1 is 1.39 bits per heavy atom. The maximum Gasteiger partial charge on any atom is 0.191 e. The highest BCUT2D eigenvalue weighted by molar-refractivity contribution is 7.10. The molecule has 0 spiro atoms. The standard InChI is InChI=1S/C17H27N5S/c1-12(16-7-6-10-23-16)11-20-17(18-4)19-9-8-15-13(2)21-22(5)14(15)3/h6-7,10,12H,8-9,11H2,1-5H3,(H2,18,19,20). The van der Waals surface area contributed by atoms with Crippen molar-refractivity contribution in [3.8, 4) is 0 Å². The van der Waals surface area contributed by atoms with E-state index in [2.05, 4.69) is 59.0 Å². The summed E-state index contributed by atoms with van der Waals surface area (Å²) >= 11 is 1.80. The van der Waals surface area contributed by atoms with Crippen LogP contribution in [0.4, 0.5) is 0 Å². The molecule has 0 aromatic carbocycles. The Morgan fingerprint density at radius 2 is 2.17 bits per heavy atom. The Balaban J connectivity index is 1.79. The van der Waals surface area contributed by atoms with Crippen LogP contribution in [-0.2, 0) is 13.5 Å². The van der Waals surface area contributed by atoms with Crippen LogP contribution in [0.25, 0.3) is 0 Å². The molecule has 2 aromatic heterocycles. The van der Waals surface area contributed by atoms with E-state index in [4.69, 9.17) is 0 Å². The smallest absolute Gasteiger partial charge is 0.191 e. The number of hydrogen-bond donors (Lipinski definition) is 2. The summed E-state index contributed by atoms with van der Waals surface area (Å²) in [5.74, 6) is 1.34. The Hall–Kier alpha value is -1.82. The molecule has 0 aliphatic rings. The second-order valence-electron chi connectivity index (χ2n) is 5.82. The second kappa shape index (κ2) is 8.15. The van der Waals surface area contributed by atoms with Gasteiger partial charge in [0.1, 0.15) is 0 Å². The summed E-state index contributed by atoms with van der Waals surface area (Å²) < 4.78 is 1.94. The highest BCUT2D eigenvalue weighted by Gasteiger charge is 2.10. The molecule has 0 aliphatic heterocycles. The summed E-state index contributed by atoms with van der Waals surface area (Å²) in [7, 11) is 3.80. The number of hydrogen-bond acceptors (Lipinski definition) is 3. The van der Waals surface area contributed by atoms with Crippen LogP contribution < -0.4 is 10.6 Å². The van der Waals surface area contributed by atoms with Gasteiger partial charge in [-0.3, -0.25) is 9.67 Å². The number of aryl methyl sites for hydroxylation is 2. The number of guanidine groups is 1. The van der Waals surface area contributed by atoms with Crippen molar-refractivity contribution in [1.82, 2.24) is 20.4 Å². The fraction of sp³-hybridized carbons (Fsp3) is 0.529. The Labute approximate surface area is 142 Å². The fourth-order valence-electron chi connectivity index (χ4n) is 2.63. The van der Waals surface area contributed by atoms with Crippen LogP contribution in [-0.4, -0.2) is 35.9 Å². The van der Waals surface area contributed by atoms with Crippen molar-refractivity contribution in [2.45, 2.75) is 33.1 Å². The van der Waals surface area contributed by atoms with Crippen LogP contribution in [0, 0.1) is 13.8 Å². The Bertz CT molecular complexity index is 642. The molecule has 2 heterocycles. The fourth-order valence-corrected chi connectivity index (χ4v) is 3.41. The van der Waals surface area contributed by atoms with Crippen molar-refractivity contribution >= 4 is 17.3 Å². The molecule has 2 rings (SSSR count). The molecule has 126 valence electrons. The van der Waals surface area contributed by atoms with Crippen molar-refractivity contribution in [2.75, 3.05) is 20.1 Å². The topological polar surface area (TPSA) is 54.2 Å². The van der Waals surface area contributed by atoms with Gasteiger partial charge in [0.05, 0.1) is 5.69 Å². The third kappa shape index (κ3) is 4.58. The molecule has 0 bridgehead atoms. The second-order valence-corrected chi connectivity index (χ2v) is 6.80. The normalized spacial score (nSPS) is 13.2. The van der Waals surface area contributed by atoms with Crippen LogP contribution >= 0.6 is 11.3 Å². The van der Waals surface area contributed by atoms with Gasteiger partial charge in [0.2, 0.25) is 0 Å². The maximum atomic E-state index is 4.46. The summed E-state index contributed by atoms with van der Waals surface area (Å²) in [5.41, 5.74) is 3.67. The van der Waals surface area contributed by atoms with Crippen LogP contribution in [0.2, 0.25) is 0 Å². The number of rotatable bonds is 6. The molecule has 0 aliphatic carbocycles. The molecule has 2 aromatic rings. The van der Waals surface area contributed by atoms with Crippen molar-refractivity contribution in [2.24, 2.45) is 12.0 Å². The summed E-state index contributed by atoms with van der Waals surface area (Å²) in [5, 5.41) is 13.4. The SMILES string of the molecule is CN=C(NCCc1c(C)nn(C)c1C)NCC(C)c1cccs1. The average Bonchev–Trinajstić information content (AvgIpc) is 3.14. The Kier molecular flexibility index (Phi) is 6.21. The average molecular weight is 334 g/mol. The van der Waals surface area contributed by atoms with Gasteiger partial charge in [-0.2, -0.15) is 5.10 Å². The molecule has 0 fully saturated rings. The number of thiophene rings is 1. The zero-order chi connectivity index (χ0) is 16.8. The third-order valence-electron chi connectivity index (χ3n) is 4.15. The van der Waals surface area contributed by atoms with Gasteiger partial charge >= 0.3 is 0 Å². The van der Waals surface area contributed by atoms with Gasteiger partial charge in [-0.05, 0) is 37.3 Å². The quantitative estimate of drug-likeness (QED) is 0.631. The Morgan fingerprint density at radius 3 is 2.74 bits per heavy atom. The number of aromatic nitrogens is 2. The molecule has 0 amide bonds. The van der Waals surface area contributed by atoms with Crippen molar-refractivity contribution < 1.29 is 0 Å². The number of nitrogens with zero attached hydrogens (tertiary/aromatic N) is 3. The minimum atomic E-state index is 0.483. The number of nitrogens with one attached hydrogen (secondary N) is 2. The van der Waals surface area contributed by atoms with E-state index >= 15 is 0 Å². The van der Waals surface area contributed by atoms with Gasteiger partial charge in [0, 0.05) is 43.7 Å². The van der Waals surface area contributed by atoms with Crippen LogP contribution in [0.5, 0.6) is 0 Å². The lowest BCUT2D eigenvalue weighted by Gasteiger charge is -2.15. The zero-order valence-corrected chi connectivity index (χ0v) is 15.5. The number of aliphatic imine (C=N–C) groups is 1. The molecule has 5 nitrogen and oxygen atoms in total. The maximum absolute atomic E-state index is 4.46. The van der Waals surface area contributed by atoms with E-state index < -0.39 is 0 Å². The lowest BCUT2D eigenvalue weighted by atomic mass is 10.1. The zero-order valence-electron chi connectivity index (χ0n) is 14.7. The largest absolute Gasteiger partial charge is 0.356 e. The van der Waals surface area contributed by atoms with Gasteiger partial charge in [0.15, 0.2) is 5.96 Å². The summed E-state index contributed by atoms with van der Waals surface area (Å²) in [6.07, 6.45) is 0.951. The molecule has 0 radical (unpaired) electrons. The first-order chi connectivity index (χ1) is 11.0. The van der Waals surface area contributed by atoms with Crippen LogP contribution in [0.3, 0.4) is 0 Å². The minimum absolute atomic E-state index is 0.483. The predicted octanol–water partition coefficient (Wildman–Crippen LogP) is 2.61. The molecule has 6 heteroatoms. The molecule has 23 heavy (non-hydrogen) atoms. The summed E-state index contributed by atoms with van der Waals surface area (Å²) in [6.45, 7) is 8.14. The van der Waals surface area contributed by atoms with E-state index in [9.17, 15) is 0 Å². The molecule has 0 saturated carbocycles. The first-order valence-electron chi connectivity index (χ1n) is 8.00. The van der Waals surface area contributed by atoms with E-state index in [1.807, 2.05) is 18.8 Å². The first kappa shape index (κ1) is 17.5. The lowest BCUT2D eigenvalue weighted by Crippen LogP contribution is -2.39. The van der Waals surface area contributed by atoms with Crippen molar-refractivity contribution in [3.63, 3.8) is 0 Å². The van der Waals surface area contributed by atoms with E-state index in [1.165, 1.54) is 16.1 Å². The molecule has 0 saturated heterocycles. The van der Waals surface area contributed by atoms with Gasteiger partial charge in [0.25, 0.3) is 0 Å². The van der Waals surface area contributed by atoms with E-state index in [0.29, 0.717) is 5.92 Å². The highest BCUT2D eigenvalue weighted by atomic mass is 32.1. The lowest BCUT2D eigenvalue weighted by molar-refractivity contribution is 0.705. The molecule has 2 N–H and O–H groups in total. The summed E-state index contributed by atoms with van der Waals surface area (Å²) in [6, 6.07) is 4.28. The molecular weight excluding hydrogens is 306 g/mol. The first-order valence-corrected chi connectivity index (χ1v) is 8.88. The summed E-state index contributed by atoms with van der Waals surface area (Å²) in [4.78, 5) is 5.70. The predicted molar refractivity (Wildman–Crippen MR) is 98.5 cm³/mol. The molecule has 1 unspecified atom stereocenters. The molecular formula is C17H27N5S.